The van der Waals surface area contributed by atoms with Crippen LogP contribution in [0.25, 0.3) is 5.65 Å². The highest BCUT2D eigenvalue weighted by molar-refractivity contribution is 5.41. The summed E-state index contributed by atoms with van der Waals surface area (Å²) in [5.41, 5.74) is 1.76. The van der Waals surface area contributed by atoms with Gasteiger partial charge in [0.25, 0.3) is 0 Å². The third-order valence-electron chi connectivity index (χ3n) is 2.80. The second-order valence-electron chi connectivity index (χ2n) is 3.65. The molecule has 0 N–H and O–H groups in total. The van der Waals surface area contributed by atoms with Gasteiger partial charge >= 0.3 is 0 Å². The lowest BCUT2D eigenvalue weighted by Crippen LogP contribution is -2.09. The Morgan fingerprint density at radius 2 is 2.36 bits per heavy atom. The molecule has 1 aliphatic rings. The lowest BCUT2D eigenvalue weighted by atomic mass is 10.2. The largest absolute Gasteiger partial charge is 0.372 e. The van der Waals surface area contributed by atoms with E-state index in [2.05, 4.69) is 10.1 Å². The Bertz CT molecular complexity index is 440. The highest BCUT2D eigenvalue weighted by Gasteiger charge is 2.47. The van der Waals surface area contributed by atoms with Crippen LogP contribution >= 0.6 is 0 Å². The van der Waals surface area contributed by atoms with Crippen LogP contribution in [-0.2, 0) is 10.3 Å². The molecule has 2 aromatic rings. The predicted octanol–water partition coefficient (Wildman–Crippen LogP) is 1.36. The van der Waals surface area contributed by atoms with Crippen molar-refractivity contribution in [3.8, 4) is 0 Å². The second-order valence-corrected chi connectivity index (χ2v) is 3.65. The highest BCUT2D eigenvalue weighted by Crippen LogP contribution is 2.47. The summed E-state index contributed by atoms with van der Waals surface area (Å²) >= 11 is 0. The van der Waals surface area contributed by atoms with Gasteiger partial charge in [-0.3, -0.25) is 0 Å². The van der Waals surface area contributed by atoms with Gasteiger partial charge in [-0.2, -0.15) is 5.10 Å². The maximum atomic E-state index is 5.46. The van der Waals surface area contributed by atoms with Gasteiger partial charge in [-0.25, -0.2) is 9.50 Å². The molecule has 0 aromatic carbocycles. The van der Waals surface area contributed by atoms with Gasteiger partial charge in [-0.1, -0.05) is 0 Å². The molecule has 0 unspecified atom stereocenters. The number of rotatable bonds is 2. The Hall–Kier alpha value is -1.42. The van der Waals surface area contributed by atoms with Crippen molar-refractivity contribution in [2.45, 2.75) is 18.4 Å². The fourth-order valence-corrected chi connectivity index (χ4v) is 1.73. The maximum Gasteiger partial charge on any atom is 0.155 e. The SMILES string of the molecule is COC1(c2cc3ncccn3n2)CC1. The number of nitrogens with zero attached hydrogens (tertiary/aromatic N) is 3. The molecule has 2 heterocycles. The van der Waals surface area contributed by atoms with Gasteiger partial charge in [-0.05, 0) is 18.9 Å². The van der Waals surface area contributed by atoms with Crippen molar-refractivity contribution in [2.75, 3.05) is 7.11 Å². The third-order valence-corrected chi connectivity index (χ3v) is 2.80. The van der Waals surface area contributed by atoms with E-state index in [0.29, 0.717) is 0 Å². The zero-order valence-electron chi connectivity index (χ0n) is 7.97. The molecule has 0 bridgehead atoms. The third kappa shape index (κ3) is 0.974. The summed E-state index contributed by atoms with van der Waals surface area (Å²) in [6.07, 6.45) is 5.80. The van der Waals surface area contributed by atoms with Gasteiger partial charge in [0.1, 0.15) is 5.60 Å². The van der Waals surface area contributed by atoms with Crippen molar-refractivity contribution in [1.29, 1.82) is 0 Å². The number of hydrogen-bond acceptors (Lipinski definition) is 3. The lowest BCUT2D eigenvalue weighted by Gasteiger charge is -2.07. The topological polar surface area (TPSA) is 39.4 Å². The van der Waals surface area contributed by atoms with Crippen LogP contribution in [0.2, 0.25) is 0 Å². The molecule has 0 amide bonds. The van der Waals surface area contributed by atoms with Crippen LogP contribution in [0.3, 0.4) is 0 Å². The molecule has 0 aliphatic heterocycles. The molecule has 72 valence electrons. The predicted molar refractivity (Wildman–Crippen MR) is 50.9 cm³/mol. The Kier molecular flexibility index (Phi) is 1.44. The minimum atomic E-state index is -0.117. The van der Waals surface area contributed by atoms with Crippen molar-refractivity contribution in [1.82, 2.24) is 14.6 Å². The molecule has 1 aliphatic carbocycles. The van der Waals surface area contributed by atoms with E-state index in [1.54, 1.807) is 17.8 Å². The molecule has 3 rings (SSSR count). The van der Waals surface area contributed by atoms with Crippen LogP contribution in [0.4, 0.5) is 0 Å². The van der Waals surface area contributed by atoms with Crippen LogP contribution in [0.15, 0.2) is 24.5 Å². The molecular formula is C10H11N3O. The average Bonchev–Trinajstić information content (AvgIpc) is 2.91. The average molecular weight is 189 g/mol. The molecule has 1 fully saturated rings. The lowest BCUT2D eigenvalue weighted by molar-refractivity contribution is 0.0749. The van der Waals surface area contributed by atoms with Crippen LogP contribution in [0.1, 0.15) is 18.5 Å². The first kappa shape index (κ1) is 7.94. The number of methoxy groups -OCH3 is 1. The van der Waals surface area contributed by atoms with Crippen LogP contribution in [0, 0.1) is 0 Å². The van der Waals surface area contributed by atoms with Gasteiger partial charge in [0.2, 0.25) is 0 Å². The molecule has 0 atom stereocenters. The van der Waals surface area contributed by atoms with Gasteiger partial charge in [0.15, 0.2) is 5.65 Å². The molecule has 4 heteroatoms. The van der Waals surface area contributed by atoms with E-state index in [0.717, 1.165) is 24.2 Å². The number of ether oxygens (including phenoxy) is 1. The van der Waals surface area contributed by atoms with Crippen molar-refractivity contribution in [3.63, 3.8) is 0 Å². The fraction of sp³-hybridized carbons (Fsp3) is 0.400. The van der Waals surface area contributed by atoms with Gasteiger partial charge in [-0.15, -0.1) is 0 Å². The van der Waals surface area contributed by atoms with Crippen LogP contribution < -0.4 is 0 Å². The summed E-state index contributed by atoms with van der Waals surface area (Å²) in [4.78, 5) is 4.22. The number of fused-ring (bicyclic) bond motifs is 1. The van der Waals surface area contributed by atoms with E-state index in [-0.39, 0.29) is 5.60 Å². The Morgan fingerprint density at radius 3 is 3.00 bits per heavy atom. The summed E-state index contributed by atoms with van der Waals surface area (Å²) in [6, 6.07) is 3.87. The standard InChI is InChI=1S/C10H11N3O/c1-14-10(3-4-10)8-7-9-11-5-2-6-13(9)12-8/h2,5-7H,3-4H2,1H3. The van der Waals surface area contributed by atoms with Gasteiger partial charge < -0.3 is 4.74 Å². The first-order chi connectivity index (χ1) is 6.84. The van der Waals surface area contributed by atoms with E-state index in [4.69, 9.17) is 4.74 Å². The molecule has 0 spiro atoms. The molecule has 4 nitrogen and oxygen atoms in total. The van der Waals surface area contributed by atoms with Crippen molar-refractivity contribution in [3.05, 3.63) is 30.2 Å². The molecule has 14 heavy (non-hydrogen) atoms. The van der Waals surface area contributed by atoms with Crippen molar-refractivity contribution < 1.29 is 4.74 Å². The first-order valence-electron chi connectivity index (χ1n) is 4.70. The number of aromatic nitrogens is 3. The van der Waals surface area contributed by atoms with Crippen LogP contribution in [-0.4, -0.2) is 21.7 Å². The quantitative estimate of drug-likeness (QED) is 0.716. The van der Waals surface area contributed by atoms with Gasteiger partial charge in [0.05, 0.1) is 5.69 Å². The zero-order valence-corrected chi connectivity index (χ0v) is 7.97. The minimum Gasteiger partial charge on any atom is -0.372 e. The van der Waals surface area contributed by atoms with E-state index in [1.807, 2.05) is 18.3 Å². The Morgan fingerprint density at radius 1 is 1.50 bits per heavy atom. The van der Waals surface area contributed by atoms with Crippen LogP contribution in [0.5, 0.6) is 0 Å². The van der Waals surface area contributed by atoms with Crippen molar-refractivity contribution >= 4 is 5.65 Å². The molecule has 2 aromatic heterocycles. The molecule has 1 saturated carbocycles. The first-order valence-corrected chi connectivity index (χ1v) is 4.70. The minimum absolute atomic E-state index is 0.117. The molecular weight excluding hydrogens is 178 g/mol. The molecule has 0 saturated heterocycles. The Balaban J connectivity index is 2.15. The fourth-order valence-electron chi connectivity index (χ4n) is 1.73. The van der Waals surface area contributed by atoms with E-state index < -0.39 is 0 Å². The monoisotopic (exact) mass is 189 g/mol. The smallest absolute Gasteiger partial charge is 0.155 e. The summed E-state index contributed by atoms with van der Waals surface area (Å²) in [5.74, 6) is 0. The maximum absolute atomic E-state index is 5.46. The zero-order chi connectivity index (χ0) is 9.60. The Labute approximate surface area is 81.5 Å². The summed E-state index contributed by atoms with van der Waals surface area (Å²) in [5, 5.41) is 4.45. The van der Waals surface area contributed by atoms with Gasteiger partial charge in [0, 0.05) is 25.6 Å². The molecule has 0 radical (unpaired) electrons. The summed E-state index contributed by atoms with van der Waals surface area (Å²) in [7, 11) is 1.74. The highest BCUT2D eigenvalue weighted by atomic mass is 16.5. The van der Waals surface area contributed by atoms with Crippen molar-refractivity contribution in [2.24, 2.45) is 0 Å². The summed E-state index contributed by atoms with van der Waals surface area (Å²) in [6.45, 7) is 0. The second kappa shape index (κ2) is 2.54. The van der Waals surface area contributed by atoms with E-state index in [9.17, 15) is 0 Å². The number of hydrogen-bond donors (Lipinski definition) is 0. The van der Waals surface area contributed by atoms with E-state index >= 15 is 0 Å². The van der Waals surface area contributed by atoms with E-state index in [1.165, 1.54) is 0 Å². The summed E-state index contributed by atoms with van der Waals surface area (Å²) < 4.78 is 7.25. The normalized spacial score (nSPS) is 18.6.